The van der Waals surface area contributed by atoms with Gasteiger partial charge >= 0.3 is 8.80 Å². The van der Waals surface area contributed by atoms with Crippen molar-refractivity contribution >= 4 is 31.2 Å². The molecule has 0 radical (unpaired) electrons. The predicted molar refractivity (Wildman–Crippen MR) is 97.9 cm³/mol. The molecule has 0 aromatic heterocycles. The van der Waals surface area contributed by atoms with Gasteiger partial charge in [0.1, 0.15) is 0 Å². The highest BCUT2D eigenvalue weighted by atomic mass is 28.4. The van der Waals surface area contributed by atoms with E-state index in [9.17, 15) is 4.79 Å². The van der Waals surface area contributed by atoms with Crippen LogP contribution in [0.15, 0.2) is 48.6 Å². The number of hydrogen-bond donors (Lipinski definition) is 1. The van der Waals surface area contributed by atoms with Crippen LogP contribution in [0.2, 0.25) is 0 Å². The van der Waals surface area contributed by atoms with Crippen LogP contribution in [0.4, 0.5) is 5.69 Å². The maximum atomic E-state index is 11.7. The van der Waals surface area contributed by atoms with Gasteiger partial charge in [0, 0.05) is 38.6 Å². The number of anilines is 1. The molecule has 5 nitrogen and oxygen atoms in total. The van der Waals surface area contributed by atoms with Crippen LogP contribution < -0.4 is 5.32 Å². The first kappa shape index (κ1) is 18.3. The monoisotopic (exact) mass is 345 g/mol. The van der Waals surface area contributed by atoms with E-state index in [-0.39, 0.29) is 5.91 Å². The van der Waals surface area contributed by atoms with Crippen LogP contribution in [0.5, 0.6) is 0 Å². The molecule has 2 rings (SSSR count). The van der Waals surface area contributed by atoms with Crippen LogP contribution >= 0.6 is 0 Å². The van der Waals surface area contributed by atoms with Gasteiger partial charge in [0.25, 0.3) is 5.91 Å². The van der Waals surface area contributed by atoms with Crippen LogP contribution in [0.1, 0.15) is 12.5 Å². The lowest BCUT2D eigenvalue weighted by Gasteiger charge is -2.24. The number of fused-ring (bicyclic) bond motifs is 1. The summed E-state index contributed by atoms with van der Waals surface area (Å²) in [5, 5.41) is 4.94. The molecule has 24 heavy (non-hydrogen) atoms. The van der Waals surface area contributed by atoms with Crippen molar-refractivity contribution in [1.82, 2.24) is 0 Å². The lowest BCUT2D eigenvalue weighted by Crippen LogP contribution is -2.45. The second kappa shape index (κ2) is 7.72. The molecule has 0 fully saturated rings. The smallest absolute Gasteiger partial charge is 0.377 e. The summed E-state index contributed by atoms with van der Waals surface area (Å²) in [6.07, 6.45) is 0. The van der Waals surface area contributed by atoms with Crippen molar-refractivity contribution in [3.8, 4) is 0 Å². The van der Waals surface area contributed by atoms with Crippen molar-refractivity contribution in [2.45, 2.75) is 13.0 Å². The SMILES string of the molecule is C=C(C)C(=O)Nc1ccc2cc(C[Si](OC)(OC)OC)ccc2c1. The molecule has 0 atom stereocenters. The average Bonchev–Trinajstić information content (AvgIpc) is 2.59. The van der Waals surface area contributed by atoms with Gasteiger partial charge in [-0.3, -0.25) is 4.79 Å². The Labute approximate surface area is 143 Å². The minimum atomic E-state index is -2.66. The third kappa shape index (κ3) is 4.10. The number of hydrogen-bond acceptors (Lipinski definition) is 4. The minimum absolute atomic E-state index is 0.179. The topological polar surface area (TPSA) is 56.8 Å². The van der Waals surface area contributed by atoms with Gasteiger partial charge in [-0.05, 0) is 35.4 Å². The Morgan fingerprint density at radius 1 is 1.04 bits per heavy atom. The number of rotatable bonds is 7. The molecular weight excluding hydrogens is 322 g/mol. The number of carbonyl (C=O) groups is 1. The van der Waals surface area contributed by atoms with Gasteiger partial charge in [-0.15, -0.1) is 0 Å². The van der Waals surface area contributed by atoms with Gasteiger partial charge in [0.2, 0.25) is 0 Å². The molecule has 0 aliphatic rings. The highest BCUT2D eigenvalue weighted by Gasteiger charge is 2.37. The summed E-state index contributed by atoms with van der Waals surface area (Å²) in [7, 11) is 2.17. The van der Waals surface area contributed by atoms with Crippen LogP contribution in [-0.2, 0) is 24.1 Å². The summed E-state index contributed by atoms with van der Waals surface area (Å²) in [5.41, 5.74) is 2.31. The molecule has 0 unspecified atom stereocenters. The summed E-state index contributed by atoms with van der Waals surface area (Å²) in [6.45, 7) is 5.32. The fraction of sp³-hybridized carbons (Fsp3) is 0.278. The van der Waals surface area contributed by atoms with Crippen molar-refractivity contribution in [2.24, 2.45) is 0 Å². The van der Waals surface area contributed by atoms with Gasteiger partial charge in [0.15, 0.2) is 0 Å². The molecule has 2 aromatic rings. The maximum absolute atomic E-state index is 11.7. The van der Waals surface area contributed by atoms with E-state index in [4.69, 9.17) is 13.3 Å². The molecule has 0 spiro atoms. The van der Waals surface area contributed by atoms with Gasteiger partial charge in [-0.25, -0.2) is 0 Å². The molecular formula is C18H23NO4Si. The Balaban J connectivity index is 2.26. The molecule has 0 aliphatic heterocycles. The van der Waals surface area contributed by atoms with Crippen molar-refractivity contribution in [1.29, 1.82) is 0 Å². The lowest BCUT2D eigenvalue weighted by molar-refractivity contribution is -0.112. The van der Waals surface area contributed by atoms with Crippen LogP contribution in [0.3, 0.4) is 0 Å². The number of amides is 1. The Hall–Kier alpha value is -1.99. The van der Waals surface area contributed by atoms with Gasteiger partial charge in [-0.2, -0.15) is 0 Å². The first-order valence-electron chi connectivity index (χ1n) is 7.58. The second-order valence-corrected chi connectivity index (χ2v) is 8.55. The Morgan fingerprint density at radius 2 is 1.62 bits per heavy atom. The standard InChI is InChI=1S/C18H23NO4Si/c1-13(2)18(20)19-17-9-8-15-10-14(6-7-16(15)11-17)12-24(21-3,22-4)23-5/h6-11H,1,12H2,2-5H3,(H,19,20). The fourth-order valence-electron chi connectivity index (χ4n) is 2.44. The van der Waals surface area contributed by atoms with E-state index in [0.29, 0.717) is 11.6 Å². The molecule has 6 heteroatoms. The zero-order valence-corrected chi connectivity index (χ0v) is 15.5. The number of carbonyl (C=O) groups excluding carboxylic acids is 1. The van der Waals surface area contributed by atoms with Crippen molar-refractivity contribution in [3.05, 3.63) is 54.1 Å². The zero-order valence-electron chi connectivity index (χ0n) is 14.5. The highest BCUT2D eigenvalue weighted by Crippen LogP contribution is 2.23. The van der Waals surface area contributed by atoms with Crippen molar-refractivity contribution < 1.29 is 18.1 Å². The zero-order chi connectivity index (χ0) is 17.7. The summed E-state index contributed by atoms with van der Waals surface area (Å²) in [6, 6.07) is 12.5. The van der Waals surface area contributed by atoms with Gasteiger partial charge in [0.05, 0.1) is 0 Å². The Kier molecular flexibility index (Phi) is 5.90. The summed E-state index contributed by atoms with van der Waals surface area (Å²) in [4.78, 5) is 11.7. The van der Waals surface area contributed by atoms with Crippen molar-refractivity contribution in [2.75, 3.05) is 26.6 Å². The third-order valence-corrected chi connectivity index (χ3v) is 6.61. The van der Waals surface area contributed by atoms with E-state index in [1.54, 1.807) is 28.3 Å². The van der Waals surface area contributed by atoms with Crippen LogP contribution in [0.25, 0.3) is 10.8 Å². The molecule has 0 saturated carbocycles. The predicted octanol–water partition coefficient (Wildman–Crippen LogP) is 3.31. The van der Waals surface area contributed by atoms with E-state index in [1.165, 1.54) is 0 Å². The molecule has 2 aromatic carbocycles. The first-order chi connectivity index (χ1) is 11.4. The minimum Gasteiger partial charge on any atom is -0.377 e. The fourth-order valence-corrected chi connectivity index (χ4v) is 4.09. The Bertz CT molecular complexity index is 748. The molecule has 0 saturated heterocycles. The van der Waals surface area contributed by atoms with Crippen molar-refractivity contribution in [3.63, 3.8) is 0 Å². The molecule has 0 bridgehead atoms. The van der Waals surface area contributed by atoms with E-state index in [2.05, 4.69) is 18.0 Å². The average molecular weight is 345 g/mol. The number of benzene rings is 2. The van der Waals surface area contributed by atoms with Crippen LogP contribution in [-0.4, -0.2) is 36.0 Å². The Morgan fingerprint density at radius 3 is 2.21 bits per heavy atom. The summed E-state index contributed by atoms with van der Waals surface area (Å²) in [5.74, 6) is -0.179. The molecule has 1 N–H and O–H groups in total. The third-order valence-electron chi connectivity index (χ3n) is 3.90. The molecule has 0 aliphatic carbocycles. The lowest BCUT2D eigenvalue weighted by atomic mass is 10.1. The second-order valence-electron chi connectivity index (χ2n) is 5.60. The normalized spacial score (nSPS) is 11.5. The van der Waals surface area contributed by atoms with Gasteiger partial charge < -0.3 is 18.6 Å². The maximum Gasteiger partial charge on any atom is 0.504 e. The highest BCUT2D eigenvalue weighted by molar-refractivity contribution is 6.60. The first-order valence-corrected chi connectivity index (χ1v) is 9.51. The van der Waals surface area contributed by atoms with Gasteiger partial charge in [-0.1, -0.05) is 30.8 Å². The summed E-state index contributed by atoms with van der Waals surface area (Å²) >= 11 is 0. The molecule has 1 amide bonds. The van der Waals surface area contributed by atoms with Crippen LogP contribution in [0, 0.1) is 0 Å². The van der Waals surface area contributed by atoms with E-state index in [0.717, 1.165) is 22.0 Å². The van der Waals surface area contributed by atoms with E-state index < -0.39 is 8.80 Å². The van der Waals surface area contributed by atoms with E-state index in [1.807, 2.05) is 30.3 Å². The quantitative estimate of drug-likeness (QED) is 0.618. The number of nitrogens with one attached hydrogen (secondary N) is 1. The van der Waals surface area contributed by atoms with E-state index >= 15 is 0 Å². The molecule has 0 heterocycles. The largest absolute Gasteiger partial charge is 0.504 e. The molecule has 128 valence electrons. The summed E-state index contributed by atoms with van der Waals surface area (Å²) < 4.78 is 16.4.